The zero-order chi connectivity index (χ0) is 13.0. The van der Waals surface area contributed by atoms with Crippen LogP contribution in [0.15, 0.2) is 0 Å². The number of hydrogen-bond acceptors (Lipinski definition) is 3. The molecular formula is C13H26N2OS. The van der Waals surface area contributed by atoms with Crippen LogP contribution in [0.1, 0.15) is 34.1 Å². The van der Waals surface area contributed by atoms with Crippen LogP contribution in [0.3, 0.4) is 0 Å². The SMILES string of the molecule is CC(C)N(CCSC1CCN(C)C1=O)C(C)C. The first-order valence-electron chi connectivity index (χ1n) is 6.55. The van der Waals surface area contributed by atoms with E-state index in [0.29, 0.717) is 18.0 Å². The topological polar surface area (TPSA) is 23.6 Å². The molecule has 0 aliphatic carbocycles. The second kappa shape index (κ2) is 6.64. The molecule has 1 aliphatic rings. The van der Waals surface area contributed by atoms with Gasteiger partial charge >= 0.3 is 0 Å². The number of carbonyl (C=O) groups is 1. The molecule has 17 heavy (non-hydrogen) atoms. The molecule has 1 aliphatic heterocycles. The van der Waals surface area contributed by atoms with Crippen molar-refractivity contribution in [1.29, 1.82) is 0 Å². The highest BCUT2D eigenvalue weighted by Crippen LogP contribution is 2.23. The Kier molecular flexibility index (Phi) is 5.80. The number of hydrogen-bond donors (Lipinski definition) is 0. The van der Waals surface area contributed by atoms with Crippen LogP contribution in [-0.2, 0) is 4.79 Å². The molecule has 1 fully saturated rings. The minimum atomic E-state index is 0.209. The molecule has 4 heteroatoms. The molecular weight excluding hydrogens is 232 g/mol. The van der Waals surface area contributed by atoms with E-state index in [4.69, 9.17) is 0 Å². The number of nitrogens with zero attached hydrogens (tertiary/aromatic N) is 2. The summed E-state index contributed by atoms with van der Waals surface area (Å²) in [5.74, 6) is 1.37. The number of amides is 1. The maximum absolute atomic E-state index is 11.7. The Balaban J connectivity index is 2.29. The van der Waals surface area contributed by atoms with Crippen LogP contribution in [0.4, 0.5) is 0 Å². The predicted octanol–water partition coefficient (Wildman–Crippen LogP) is 2.07. The predicted molar refractivity (Wildman–Crippen MR) is 75.5 cm³/mol. The Morgan fingerprint density at radius 3 is 2.35 bits per heavy atom. The van der Waals surface area contributed by atoms with Gasteiger partial charge in [0.1, 0.15) is 0 Å². The summed E-state index contributed by atoms with van der Waals surface area (Å²) in [5, 5.41) is 0.209. The van der Waals surface area contributed by atoms with Crippen LogP contribution in [-0.4, -0.2) is 58.9 Å². The molecule has 1 saturated heterocycles. The zero-order valence-corrected chi connectivity index (χ0v) is 12.6. The monoisotopic (exact) mass is 258 g/mol. The summed E-state index contributed by atoms with van der Waals surface area (Å²) in [6.07, 6.45) is 1.02. The van der Waals surface area contributed by atoms with Crippen molar-refractivity contribution in [2.75, 3.05) is 25.9 Å². The van der Waals surface area contributed by atoms with E-state index in [1.54, 1.807) is 0 Å². The van der Waals surface area contributed by atoms with Gasteiger partial charge in [0, 0.05) is 38.0 Å². The lowest BCUT2D eigenvalue weighted by Gasteiger charge is -2.30. The van der Waals surface area contributed by atoms with Crippen LogP contribution in [0.2, 0.25) is 0 Å². The third kappa shape index (κ3) is 4.18. The quantitative estimate of drug-likeness (QED) is 0.729. The van der Waals surface area contributed by atoms with Crippen LogP contribution in [0, 0.1) is 0 Å². The van der Waals surface area contributed by atoms with E-state index < -0.39 is 0 Å². The largest absolute Gasteiger partial charge is 0.345 e. The Bertz CT molecular complexity index is 248. The van der Waals surface area contributed by atoms with Crippen LogP contribution < -0.4 is 0 Å². The molecule has 1 rings (SSSR count). The minimum Gasteiger partial charge on any atom is -0.345 e. The highest BCUT2D eigenvalue weighted by molar-refractivity contribution is 8.00. The van der Waals surface area contributed by atoms with Crippen LogP contribution in [0.25, 0.3) is 0 Å². The van der Waals surface area contributed by atoms with E-state index in [1.807, 2.05) is 23.7 Å². The summed E-state index contributed by atoms with van der Waals surface area (Å²) in [6, 6.07) is 1.16. The van der Waals surface area contributed by atoms with E-state index in [1.165, 1.54) is 0 Å². The van der Waals surface area contributed by atoms with E-state index in [-0.39, 0.29) is 5.25 Å². The van der Waals surface area contributed by atoms with Crippen molar-refractivity contribution in [3.05, 3.63) is 0 Å². The summed E-state index contributed by atoms with van der Waals surface area (Å²) in [5.41, 5.74) is 0. The minimum absolute atomic E-state index is 0.209. The number of carbonyl (C=O) groups excluding carboxylic acids is 1. The highest BCUT2D eigenvalue weighted by Gasteiger charge is 2.29. The molecule has 3 nitrogen and oxygen atoms in total. The van der Waals surface area contributed by atoms with Gasteiger partial charge in [0.25, 0.3) is 0 Å². The Hall–Kier alpha value is -0.220. The van der Waals surface area contributed by atoms with Gasteiger partial charge in [0.2, 0.25) is 5.91 Å². The summed E-state index contributed by atoms with van der Waals surface area (Å²) >= 11 is 1.83. The van der Waals surface area contributed by atoms with Crippen molar-refractivity contribution in [2.45, 2.75) is 51.4 Å². The molecule has 1 atom stereocenters. The Morgan fingerprint density at radius 2 is 1.94 bits per heavy atom. The Labute approximate surface area is 110 Å². The Morgan fingerprint density at radius 1 is 1.35 bits per heavy atom. The first-order chi connectivity index (χ1) is 7.93. The summed E-state index contributed by atoms with van der Waals surface area (Å²) in [4.78, 5) is 16.1. The molecule has 0 saturated carbocycles. The lowest BCUT2D eigenvalue weighted by Crippen LogP contribution is -2.38. The van der Waals surface area contributed by atoms with Crippen molar-refractivity contribution < 1.29 is 4.79 Å². The molecule has 0 aromatic heterocycles. The second-order valence-corrected chi connectivity index (χ2v) is 6.64. The molecule has 1 amide bonds. The fourth-order valence-electron chi connectivity index (χ4n) is 2.36. The van der Waals surface area contributed by atoms with Crippen molar-refractivity contribution >= 4 is 17.7 Å². The maximum atomic E-state index is 11.7. The maximum Gasteiger partial charge on any atom is 0.235 e. The zero-order valence-electron chi connectivity index (χ0n) is 11.8. The normalized spacial score (nSPS) is 21.3. The van der Waals surface area contributed by atoms with Gasteiger partial charge < -0.3 is 4.90 Å². The number of rotatable bonds is 6. The van der Waals surface area contributed by atoms with Crippen molar-refractivity contribution in [1.82, 2.24) is 9.80 Å². The second-order valence-electron chi connectivity index (χ2n) is 5.33. The molecule has 0 spiro atoms. The van der Waals surface area contributed by atoms with Crippen molar-refractivity contribution in [3.8, 4) is 0 Å². The van der Waals surface area contributed by atoms with E-state index in [0.717, 1.165) is 25.3 Å². The fourth-order valence-corrected chi connectivity index (χ4v) is 3.55. The highest BCUT2D eigenvalue weighted by atomic mass is 32.2. The van der Waals surface area contributed by atoms with Gasteiger partial charge in [-0.1, -0.05) is 0 Å². The summed E-state index contributed by atoms with van der Waals surface area (Å²) < 4.78 is 0. The molecule has 0 bridgehead atoms. The molecule has 0 aromatic rings. The van der Waals surface area contributed by atoms with Crippen molar-refractivity contribution in [3.63, 3.8) is 0 Å². The molecule has 1 heterocycles. The van der Waals surface area contributed by atoms with Gasteiger partial charge in [-0.2, -0.15) is 0 Å². The summed E-state index contributed by atoms with van der Waals surface area (Å²) in [6.45, 7) is 10.9. The standard InChI is InChI=1S/C13H26N2OS/c1-10(2)15(11(3)4)8-9-17-12-6-7-14(5)13(12)16/h10-12H,6-9H2,1-5H3. The van der Waals surface area contributed by atoms with E-state index in [9.17, 15) is 4.79 Å². The van der Waals surface area contributed by atoms with E-state index in [2.05, 4.69) is 32.6 Å². The molecule has 0 aromatic carbocycles. The van der Waals surface area contributed by atoms with Gasteiger partial charge in [0.15, 0.2) is 0 Å². The van der Waals surface area contributed by atoms with Crippen molar-refractivity contribution in [2.24, 2.45) is 0 Å². The number of thioether (sulfide) groups is 1. The third-order valence-electron chi connectivity index (χ3n) is 3.37. The first kappa shape index (κ1) is 14.8. The van der Waals surface area contributed by atoms with Gasteiger partial charge in [-0.15, -0.1) is 11.8 Å². The van der Waals surface area contributed by atoms with Gasteiger partial charge in [-0.25, -0.2) is 0 Å². The van der Waals surface area contributed by atoms with E-state index >= 15 is 0 Å². The van der Waals surface area contributed by atoms with Gasteiger partial charge in [0.05, 0.1) is 5.25 Å². The lowest BCUT2D eigenvalue weighted by atomic mass is 10.2. The average molecular weight is 258 g/mol. The first-order valence-corrected chi connectivity index (χ1v) is 7.60. The molecule has 1 unspecified atom stereocenters. The molecule has 0 radical (unpaired) electrons. The fraction of sp³-hybridized carbons (Fsp3) is 0.923. The van der Waals surface area contributed by atoms with Gasteiger partial charge in [-0.05, 0) is 34.1 Å². The summed E-state index contributed by atoms with van der Waals surface area (Å²) in [7, 11) is 1.90. The molecule has 0 N–H and O–H groups in total. The van der Waals surface area contributed by atoms with Crippen LogP contribution >= 0.6 is 11.8 Å². The number of likely N-dealkylation sites (tertiary alicyclic amines) is 1. The smallest absolute Gasteiger partial charge is 0.235 e. The van der Waals surface area contributed by atoms with Crippen LogP contribution in [0.5, 0.6) is 0 Å². The molecule has 100 valence electrons. The average Bonchev–Trinajstić information content (AvgIpc) is 2.54. The van der Waals surface area contributed by atoms with Gasteiger partial charge in [-0.3, -0.25) is 9.69 Å². The third-order valence-corrected chi connectivity index (χ3v) is 4.63. The lowest BCUT2D eigenvalue weighted by molar-refractivity contribution is -0.126.